The fourth-order valence-electron chi connectivity index (χ4n) is 2.16. The van der Waals surface area contributed by atoms with Crippen molar-refractivity contribution in [2.45, 2.75) is 12.8 Å². The highest BCUT2D eigenvalue weighted by atomic mass is 16.5. The smallest absolute Gasteiger partial charge is 0.273 e. The average Bonchev–Trinajstić information content (AvgIpc) is 3.19. The summed E-state index contributed by atoms with van der Waals surface area (Å²) in [5.41, 5.74) is 0.297. The second-order valence-corrected chi connectivity index (χ2v) is 4.87. The molecule has 1 aliphatic heterocycles. The van der Waals surface area contributed by atoms with E-state index < -0.39 is 0 Å². The van der Waals surface area contributed by atoms with Crippen molar-refractivity contribution in [3.8, 4) is 0 Å². The molecule has 20 heavy (non-hydrogen) atoms. The SMILES string of the molecule is O=C(NC[C@@H]1CCOC1)c1cc(Cc2ccco2)on1. The molecule has 106 valence electrons. The molecule has 1 saturated heterocycles. The number of carbonyl (C=O) groups is 1. The van der Waals surface area contributed by atoms with E-state index in [2.05, 4.69) is 10.5 Å². The van der Waals surface area contributed by atoms with Crippen molar-refractivity contribution in [3.05, 3.63) is 41.7 Å². The quantitative estimate of drug-likeness (QED) is 0.898. The lowest BCUT2D eigenvalue weighted by molar-refractivity contribution is 0.0936. The van der Waals surface area contributed by atoms with E-state index in [0.29, 0.717) is 36.9 Å². The second-order valence-electron chi connectivity index (χ2n) is 4.87. The number of furan rings is 1. The van der Waals surface area contributed by atoms with E-state index in [9.17, 15) is 4.79 Å². The van der Waals surface area contributed by atoms with E-state index in [-0.39, 0.29) is 5.91 Å². The Morgan fingerprint density at radius 3 is 3.15 bits per heavy atom. The van der Waals surface area contributed by atoms with Crippen LogP contribution in [0.5, 0.6) is 0 Å². The molecule has 2 aromatic heterocycles. The lowest BCUT2D eigenvalue weighted by atomic mass is 10.1. The molecule has 0 saturated carbocycles. The fourth-order valence-corrected chi connectivity index (χ4v) is 2.16. The summed E-state index contributed by atoms with van der Waals surface area (Å²) in [6.07, 6.45) is 3.08. The van der Waals surface area contributed by atoms with E-state index in [1.54, 1.807) is 12.3 Å². The van der Waals surface area contributed by atoms with Crippen LogP contribution in [0.25, 0.3) is 0 Å². The van der Waals surface area contributed by atoms with Gasteiger partial charge in [-0.15, -0.1) is 0 Å². The minimum Gasteiger partial charge on any atom is -0.469 e. The van der Waals surface area contributed by atoms with E-state index in [1.807, 2.05) is 12.1 Å². The Morgan fingerprint density at radius 2 is 2.40 bits per heavy atom. The van der Waals surface area contributed by atoms with Crippen molar-refractivity contribution >= 4 is 5.91 Å². The van der Waals surface area contributed by atoms with Gasteiger partial charge in [-0.25, -0.2) is 0 Å². The zero-order valence-corrected chi connectivity index (χ0v) is 11.0. The minimum atomic E-state index is -0.216. The average molecular weight is 276 g/mol. The standard InChI is InChI=1S/C14H16N2O4/c17-14(15-8-10-3-5-18-9-10)13-7-12(20-16-13)6-11-2-1-4-19-11/h1-2,4,7,10H,3,5-6,8-9H2,(H,15,17)/t10-/m0/s1. The second kappa shape index (κ2) is 5.92. The van der Waals surface area contributed by atoms with Crippen molar-refractivity contribution in [1.82, 2.24) is 10.5 Å². The van der Waals surface area contributed by atoms with Gasteiger partial charge in [-0.05, 0) is 18.6 Å². The van der Waals surface area contributed by atoms with Crippen molar-refractivity contribution in [2.24, 2.45) is 5.92 Å². The number of rotatable bonds is 5. The Balaban J connectivity index is 1.54. The van der Waals surface area contributed by atoms with Gasteiger partial charge < -0.3 is 19.0 Å². The van der Waals surface area contributed by atoms with E-state index in [1.165, 1.54) is 0 Å². The van der Waals surface area contributed by atoms with Gasteiger partial charge in [0, 0.05) is 25.1 Å². The number of nitrogens with zero attached hydrogens (tertiary/aromatic N) is 1. The van der Waals surface area contributed by atoms with Crippen molar-refractivity contribution in [1.29, 1.82) is 0 Å². The molecule has 2 aromatic rings. The fraction of sp³-hybridized carbons (Fsp3) is 0.429. The summed E-state index contributed by atoms with van der Waals surface area (Å²) in [7, 11) is 0. The van der Waals surface area contributed by atoms with Crippen LogP contribution in [-0.2, 0) is 11.2 Å². The summed E-state index contributed by atoms with van der Waals surface area (Å²) < 4.78 is 15.6. The van der Waals surface area contributed by atoms with Crippen LogP contribution in [0.15, 0.2) is 33.4 Å². The van der Waals surface area contributed by atoms with Gasteiger partial charge in [-0.3, -0.25) is 4.79 Å². The normalized spacial score (nSPS) is 18.3. The Labute approximate surface area is 116 Å². The van der Waals surface area contributed by atoms with Gasteiger partial charge in [0.1, 0.15) is 11.5 Å². The Hall–Kier alpha value is -2.08. The maximum atomic E-state index is 11.9. The molecule has 0 radical (unpaired) electrons. The first kappa shape index (κ1) is 12.9. The maximum Gasteiger partial charge on any atom is 0.273 e. The molecular formula is C14H16N2O4. The van der Waals surface area contributed by atoms with Crippen molar-refractivity contribution < 1.29 is 18.5 Å². The molecule has 3 heterocycles. The van der Waals surface area contributed by atoms with Crippen molar-refractivity contribution in [2.75, 3.05) is 19.8 Å². The first-order valence-electron chi connectivity index (χ1n) is 6.65. The minimum absolute atomic E-state index is 0.216. The predicted octanol–water partition coefficient (Wildman–Crippen LogP) is 1.62. The highest BCUT2D eigenvalue weighted by Crippen LogP contribution is 2.13. The molecule has 0 bridgehead atoms. The largest absolute Gasteiger partial charge is 0.469 e. The summed E-state index contributed by atoms with van der Waals surface area (Å²) in [5, 5.41) is 6.63. The molecule has 0 unspecified atom stereocenters. The zero-order valence-electron chi connectivity index (χ0n) is 11.0. The lowest BCUT2D eigenvalue weighted by Gasteiger charge is -2.07. The van der Waals surface area contributed by atoms with Crippen LogP contribution in [0.2, 0.25) is 0 Å². The van der Waals surface area contributed by atoms with Crippen LogP contribution >= 0.6 is 0 Å². The molecule has 6 nitrogen and oxygen atoms in total. The molecule has 1 atom stereocenters. The number of carbonyl (C=O) groups excluding carboxylic acids is 1. The predicted molar refractivity (Wildman–Crippen MR) is 69.3 cm³/mol. The summed E-state index contributed by atoms with van der Waals surface area (Å²) >= 11 is 0. The van der Waals surface area contributed by atoms with Gasteiger partial charge in [0.15, 0.2) is 5.69 Å². The van der Waals surface area contributed by atoms with Gasteiger partial charge in [0.2, 0.25) is 0 Å². The molecule has 6 heteroatoms. The molecule has 1 aliphatic rings. The highest BCUT2D eigenvalue weighted by Gasteiger charge is 2.18. The Morgan fingerprint density at radius 1 is 1.45 bits per heavy atom. The first-order chi connectivity index (χ1) is 9.81. The summed E-state index contributed by atoms with van der Waals surface area (Å²) in [6.45, 7) is 2.10. The monoisotopic (exact) mass is 276 g/mol. The van der Waals surface area contributed by atoms with Gasteiger partial charge in [-0.1, -0.05) is 5.16 Å². The molecule has 0 spiro atoms. The summed E-state index contributed by atoms with van der Waals surface area (Å²) in [6, 6.07) is 5.30. The molecule has 1 N–H and O–H groups in total. The van der Waals surface area contributed by atoms with E-state index >= 15 is 0 Å². The van der Waals surface area contributed by atoms with Gasteiger partial charge in [0.05, 0.1) is 19.3 Å². The maximum absolute atomic E-state index is 11.9. The third-order valence-electron chi connectivity index (χ3n) is 3.30. The Bertz CT molecular complexity index is 556. The number of hydrogen-bond acceptors (Lipinski definition) is 5. The highest BCUT2D eigenvalue weighted by molar-refractivity contribution is 5.92. The number of ether oxygens (including phenoxy) is 1. The number of amides is 1. The molecular weight excluding hydrogens is 260 g/mol. The van der Waals surface area contributed by atoms with Crippen LogP contribution in [0, 0.1) is 5.92 Å². The zero-order chi connectivity index (χ0) is 13.8. The van der Waals surface area contributed by atoms with Crippen LogP contribution in [0.1, 0.15) is 28.4 Å². The number of hydrogen-bond donors (Lipinski definition) is 1. The topological polar surface area (TPSA) is 77.5 Å². The summed E-state index contributed by atoms with van der Waals surface area (Å²) in [5.74, 6) is 1.56. The van der Waals surface area contributed by atoms with Crippen molar-refractivity contribution in [3.63, 3.8) is 0 Å². The molecule has 1 fully saturated rings. The Kier molecular flexibility index (Phi) is 3.83. The van der Waals surface area contributed by atoms with Crippen LogP contribution < -0.4 is 5.32 Å². The molecule has 1 amide bonds. The molecule has 0 aromatic carbocycles. The number of aromatic nitrogens is 1. The molecule has 3 rings (SSSR count). The number of nitrogens with one attached hydrogen (secondary N) is 1. The van der Waals surface area contributed by atoms with Crippen LogP contribution in [0.4, 0.5) is 0 Å². The van der Waals surface area contributed by atoms with Gasteiger partial charge in [0.25, 0.3) is 5.91 Å². The van der Waals surface area contributed by atoms with Crippen LogP contribution in [0.3, 0.4) is 0 Å². The van der Waals surface area contributed by atoms with Gasteiger partial charge >= 0.3 is 0 Å². The summed E-state index contributed by atoms with van der Waals surface area (Å²) in [4.78, 5) is 11.9. The van der Waals surface area contributed by atoms with Crippen LogP contribution in [-0.4, -0.2) is 30.8 Å². The third-order valence-corrected chi connectivity index (χ3v) is 3.30. The van der Waals surface area contributed by atoms with Gasteiger partial charge in [-0.2, -0.15) is 0 Å². The van der Waals surface area contributed by atoms with E-state index in [4.69, 9.17) is 13.7 Å². The lowest BCUT2D eigenvalue weighted by Crippen LogP contribution is -2.29. The first-order valence-corrected chi connectivity index (χ1v) is 6.65. The molecule has 0 aliphatic carbocycles. The third kappa shape index (κ3) is 3.08. The van der Waals surface area contributed by atoms with E-state index in [0.717, 1.165) is 18.8 Å².